The molecule has 1 unspecified atom stereocenters. The molecule has 4 rings (SSSR count). The zero-order chi connectivity index (χ0) is 22.9. The zero-order valence-corrected chi connectivity index (χ0v) is 18.9. The van der Waals surface area contributed by atoms with Crippen LogP contribution < -0.4 is 15.4 Å². The van der Waals surface area contributed by atoms with Gasteiger partial charge in [-0.15, -0.1) is 6.42 Å². The number of carbonyl (C=O) groups is 1. The lowest BCUT2D eigenvalue weighted by Crippen LogP contribution is -2.28. The number of carbonyl (C=O) groups excluding carboxylic acids is 1. The highest BCUT2D eigenvalue weighted by atomic mass is 16.5. The van der Waals surface area contributed by atoms with Crippen molar-refractivity contribution in [3.63, 3.8) is 0 Å². The molecule has 2 N–H and O–H groups in total. The highest BCUT2D eigenvalue weighted by molar-refractivity contribution is 5.81. The van der Waals surface area contributed by atoms with Gasteiger partial charge in [-0.1, -0.05) is 0 Å². The number of anilines is 2. The molecule has 1 atom stereocenters. The molecule has 4 heterocycles. The second kappa shape index (κ2) is 11.7. The number of hydrogen-bond acceptors (Lipinski definition) is 8. The van der Waals surface area contributed by atoms with Crippen molar-refractivity contribution in [1.82, 2.24) is 20.3 Å². The Morgan fingerprint density at radius 3 is 2.73 bits per heavy atom. The SMILES string of the molecule is C#Cc1cnc(Nc2cc(OCC3CCOC3)c(CC(=O)CCC3CCNCC3)cn2)cn1. The third-order valence-corrected chi connectivity index (χ3v) is 6.18. The van der Waals surface area contributed by atoms with Crippen molar-refractivity contribution in [2.75, 3.05) is 38.2 Å². The van der Waals surface area contributed by atoms with Gasteiger partial charge in [-0.2, -0.15) is 0 Å². The summed E-state index contributed by atoms with van der Waals surface area (Å²) in [6.45, 7) is 4.13. The van der Waals surface area contributed by atoms with E-state index in [9.17, 15) is 4.79 Å². The van der Waals surface area contributed by atoms with Gasteiger partial charge >= 0.3 is 0 Å². The fraction of sp³-hybridized carbons (Fsp3) is 0.520. The average molecular weight is 450 g/mol. The van der Waals surface area contributed by atoms with Crippen LogP contribution in [0.25, 0.3) is 0 Å². The molecule has 0 radical (unpaired) electrons. The van der Waals surface area contributed by atoms with Crippen LogP contribution in [0.15, 0.2) is 24.7 Å². The number of piperidine rings is 1. The summed E-state index contributed by atoms with van der Waals surface area (Å²) in [5.74, 6) is 5.44. The van der Waals surface area contributed by atoms with Gasteiger partial charge in [0.2, 0.25) is 0 Å². The van der Waals surface area contributed by atoms with E-state index >= 15 is 0 Å². The molecule has 0 aromatic carbocycles. The van der Waals surface area contributed by atoms with E-state index in [2.05, 4.69) is 31.5 Å². The molecule has 2 saturated heterocycles. The number of nitrogens with one attached hydrogen (secondary N) is 2. The Morgan fingerprint density at radius 2 is 2.00 bits per heavy atom. The van der Waals surface area contributed by atoms with Crippen LogP contribution in [-0.4, -0.2) is 53.6 Å². The summed E-state index contributed by atoms with van der Waals surface area (Å²) in [6.07, 6.45) is 15.3. The van der Waals surface area contributed by atoms with Crippen LogP contribution in [-0.2, 0) is 16.0 Å². The van der Waals surface area contributed by atoms with E-state index in [1.165, 1.54) is 6.20 Å². The first kappa shape index (κ1) is 23.1. The molecule has 0 aliphatic carbocycles. The zero-order valence-electron chi connectivity index (χ0n) is 18.9. The number of rotatable bonds is 10. The number of ketones is 1. The maximum atomic E-state index is 12.7. The maximum Gasteiger partial charge on any atom is 0.150 e. The lowest BCUT2D eigenvalue weighted by Gasteiger charge is -2.22. The molecular formula is C25H31N5O3. The molecule has 8 nitrogen and oxygen atoms in total. The summed E-state index contributed by atoms with van der Waals surface area (Å²) in [5.41, 5.74) is 1.28. The van der Waals surface area contributed by atoms with Crippen LogP contribution in [0.4, 0.5) is 11.6 Å². The molecule has 2 fully saturated rings. The van der Waals surface area contributed by atoms with Crippen LogP contribution in [0.2, 0.25) is 0 Å². The smallest absolute Gasteiger partial charge is 0.150 e. The van der Waals surface area contributed by atoms with Crippen molar-refractivity contribution >= 4 is 17.4 Å². The second-order valence-electron chi connectivity index (χ2n) is 8.72. The monoisotopic (exact) mass is 449 g/mol. The topological polar surface area (TPSA) is 98.3 Å². The minimum atomic E-state index is 0.223. The average Bonchev–Trinajstić information content (AvgIpc) is 3.38. The maximum absolute atomic E-state index is 12.7. The third-order valence-electron chi connectivity index (χ3n) is 6.18. The highest BCUT2D eigenvalue weighted by Gasteiger charge is 2.19. The summed E-state index contributed by atoms with van der Waals surface area (Å²) in [5, 5.41) is 6.50. The van der Waals surface area contributed by atoms with Crippen LogP contribution in [0.1, 0.15) is 43.4 Å². The van der Waals surface area contributed by atoms with Gasteiger partial charge in [0.1, 0.15) is 28.9 Å². The van der Waals surface area contributed by atoms with E-state index in [4.69, 9.17) is 15.9 Å². The molecule has 0 saturated carbocycles. The molecule has 2 aliphatic rings. The van der Waals surface area contributed by atoms with Crippen LogP contribution in [0, 0.1) is 24.2 Å². The first-order chi connectivity index (χ1) is 16.2. The Morgan fingerprint density at radius 1 is 1.15 bits per heavy atom. The van der Waals surface area contributed by atoms with E-state index in [0.717, 1.165) is 50.9 Å². The number of terminal acetylenes is 1. The van der Waals surface area contributed by atoms with Crippen molar-refractivity contribution in [1.29, 1.82) is 0 Å². The van der Waals surface area contributed by atoms with Gasteiger partial charge in [-0.3, -0.25) is 4.79 Å². The molecule has 0 bridgehead atoms. The largest absolute Gasteiger partial charge is 0.493 e. The summed E-state index contributed by atoms with van der Waals surface area (Å²) >= 11 is 0. The number of pyridine rings is 1. The second-order valence-corrected chi connectivity index (χ2v) is 8.72. The first-order valence-electron chi connectivity index (χ1n) is 11.7. The standard InChI is InChI=1S/C25H31N5O3/c1-2-21-14-29-25(15-27-21)30-24-12-23(33-17-19-7-10-32-16-19)20(13-28-24)11-22(31)4-3-18-5-8-26-9-6-18/h1,12-15,18-19,26H,3-11,16-17H2,(H,28,29,30). The number of ether oxygens (including phenoxy) is 2. The van der Waals surface area contributed by atoms with Gasteiger partial charge in [0.25, 0.3) is 0 Å². The van der Waals surface area contributed by atoms with Gasteiger partial charge in [-0.05, 0) is 50.6 Å². The van der Waals surface area contributed by atoms with Crippen molar-refractivity contribution in [2.24, 2.45) is 11.8 Å². The van der Waals surface area contributed by atoms with Gasteiger partial charge in [0.05, 0.1) is 25.6 Å². The summed E-state index contributed by atoms with van der Waals surface area (Å²) < 4.78 is 11.6. The Kier molecular flexibility index (Phi) is 8.23. The Hall–Kier alpha value is -3.02. The molecule has 2 aromatic rings. The van der Waals surface area contributed by atoms with Crippen LogP contribution in [0.5, 0.6) is 5.75 Å². The predicted octanol–water partition coefficient (Wildman–Crippen LogP) is 2.90. The molecule has 33 heavy (non-hydrogen) atoms. The van der Waals surface area contributed by atoms with Crippen molar-refractivity contribution in [3.05, 3.63) is 35.9 Å². The van der Waals surface area contributed by atoms with E-state index in [1.807, 2.05) is 6.07 Å². The Bertz CT molecular complexity index is 961. The number of aromatic nitrogens is 3. The fourth-order valence-electron chi connectivity index (χ4n) is 4.16. The van der Waals surface area contributed by atoms with E-state index in [1.54, 1.807) is 12.4 Å². The molecule has 2 aliphatic heterocycles. The molecule has 174 valence electrons. The third kappa shape index (κ3) is 6.98. The minimum absolute atomic E-state index is 0.223. The number of hydrogen-bond donors (Lipinski definition) is 2. The van der Waals surface area contributed by atoms with E-state index in [-0.39, 0.29) is 5.78 Å². The predicted molar refractivity (Wildman–Crippen MR) is 125 cm³/mol. The van der Waals surface area contributed by atoms with Gasteiger partial charge in [0.15, 0.2) is 0 Å². The Balaban J connectivity index is 1.41. The fourth-order valence-corrected chi connectivity index (χ4v) is 4.16. The number of nitrogens with zero attached hydrogens (tertiary/aromatic N) is 3. The lowest BCUT2D eigenvalue weighted by molar-refractivity contribution is -0.118. The van der Waals surface area contributed by atoms with E-state index < -0.39 is 0 Å². The molecule has 0 amide bonds. The van der Waals surface area contributed by atoms with Gasteiger partial charge in [0, 0.05) is 43.2 Å². The van der Waals surface area contributed by atoms with Crippen molar-refractivity contribution in [3.8, 4) is 18.1 Å². The molecular weight excluding hydrogens is 418 g/mol. The first-order valence-corrected chi connectivity index (χ1v) is 11.7. The minimum Gasteiger partial charge on any atom is -0.493 e. The van der Waals surface area contributed by atoms with Crippen LogP contribution in [0.3, 0.4) is 0 Å². The van der Waals surface area contributed by atoms with Gasteiger partial charge < -0.3 is 20.1 Å². The van der Waals surface area contributed by atoms with Crippen molar-refractivity contribution < 1.29 is 14.3 Å². The molecule has 0 spiro atoms. The molecule has 8 heteroatoms. The highest BCUT2D eigenvalue weighted by Crippen LogP contribution is 2.26. The summed E-state index contributed by atoms with van der Waals surface area (Å²) in [4.78, 5) is 25.6. The summed E-state index contributed by atoms with van der Waals surface area (Å²) in [7, 11) is 0. The van der Waals surface area contributed by atoms with E-state index in [0.29, 0.717) is 61.0 Å². The summed E-state index contributed by atoms with van der Waals surface area (Å²) in [6, 6.07) is 1.82. The Labute approximate surface area is 194 Å². The number of Topliss-reactive ketones (excluding diaryl/α,β-unsaturated/α-hetero) is 1. The van der Waals surface area contributed by atoms with Crippen molar-refractivity contribution in [2.45, 2.75) is 38.5 Å². The normalized spacial score (nSPS) is 18.6. The quantitative estimate of drug-likeness (QED) is 0.535. The molecule has 2 aromatic heterocycles. The van der Waals surface area contributed by atoms with Crippen LogP contribution >= 0.6 is 0 Å². The lowest BCUT2D eigenvalue weighted by atomic mass is 9.91. The van der Waals surface area contributed by atoms with Gasteiger partial charge in [-0.25, -0.2) is 15.0 Å².